The molecule has 3 aliphatic carbocycles. The molecule has 0 spiro atoms. The number of carbonyl (C=O) groups is 3. The molecule has 4 aliphatic rings. The second kappa shape index (κ2) is 7.39. The van der Waals surface area contributed by atoms with E-state index in [1.54, 1.807) is 0 Å². The largest absolute Gasteiger partial charge is 0.324 e. The average molecular weight is 451 g/mol. The molecule has 34 heavy (non-hydrogen) atoms. The number of hydrogen-bond donors (Lipinski definition) is 1. The maximum Gasteiger partial charge on any atom is 0.244 e. The van der Waals surface area contributed by atoms with Crippen LogP contribution >= 0.6 is 0 Å². The summed E-state index contributed by atoms with van der Waals surface area (Å²) >= 11 is 0. The van der Waals surface area contributed by atoms with Crippen LogP contribution in [-0.2, 0) is 14.4 Å². The van der Waals surface area contributed by atoms with E-state index in [9.17, 15) is 14.4 Å². The van der Waals surface area contributed by atoms with E-state index in [2.05, 4.69) is 29.6 Å². The number of nitrogens with zero attached hydrogens (tertiary/aromatic N) is 1. The Morgan fingerprint density at radius 3 is 1.59 bits per heavy atom. The van der Waals surface area contributed by atoms with Gasteiger partial charge in [0, 0.05) is 17.5 Å². The van der Waals surface area contributed by atoms with Crippen molar-refractivity contribution in [3.05, 3.63) is 99.6 Å². The number of amides is 3. The van der Waals surface area contributed by atoms with E-state index >= 15 is 0 Å². The fourth-order valence-corrected chi connectivity index (χ4v) is 6.59. The molecule has 1 heterocycles. The van der Waals surface area contributed by atoms with Gasteiger partial charge in [0.15, 0.2) is 0 Å². The average Bonchev–Trinajstić information content (AvgIpc) is 3.07. The molecule has 2 bridgehead atoms. The van der Waals surface area contributed by atoms with E-state index < -0.39 is 11.8 Å². The Morgan fingerprint density at radius 1 is 0.765 bits per heavy atom. The van der Waals surface area contributed by atoms with Crippen LogP contribution in [0.3, 0.4) is 0 Å². The van der Waals surface area contributed by atoms with E-state index in [-0.39, 0.29) is 36.1 Å². The van der Waals surface area contributed by atoms with E-state index in [1.807, 2.05) is 57.2 Å². The molecule has 5 heteroatoms. The monoisotopic (exact) mass is 450 g/mol. The molecule has 3 amide bonds. The summed E-state index contributed by atoms with van der Waals surface area (Å²) in [5.74, 6) is -2.06. The Hall–Kier alpha value is -3.73. The first-order valence-electron chi connectivity index (χ1n) is 11.8. The first kappa shape index (κ1) is 20.8. The molecule has 1 saturated heterocycles. The van der Waals surface area contributed by atoms with Crippen LogP contribution < -0.4 is 5.32 Å². The van der Waals surface area contributed by atoms with Gasteiger partial charge in [-0.3, -0.25) is 19.3 Å². The zero-order chi connectivity index (χ0) is 23.7. The first-order chi connectivity index (χ1) is 16.4. The molecule has 1 fully saturated rings. The van der Waals surface area contributed by atoms with Crippen LogP contribution in [0.4, 0.5) is 5.69 Å². The van der Waals surface area contributed by atoms with Crippen molar-refractivity contribution in [1.29, 1.82) is 0 Å². The second-order valence-corrected chi connectivity index (χ2v) is 9.85. The third kappa shape index (κ3) is 2.82. The minimum absolute atomic E-state index is 0.159. The van der Waals surface area contributed by atoms with Gasteiger partial charge in [-0.2, -0.15) is 0 Å². The molecule has 7 rings (SSSR count). The molecule has 0 saturated carbocycles. The minimum Gasteiger partial charge on any atom is -0.324 e. The number of carbonyl (C=O) groups excluding carboxylic acids is 3. The number of anilines is 1. The first-order valence-corrected chi connectivity index (χ1v) is 11.8. The van der Waals surface area contributed by atoms with Gasteiger partial charge in [-0.15, -0.1) is 0 Å². The molecule has 1 aliphatic heterocycles. The van der Waals surface area contributed by atoms with E-state index in [0.29, 0.717) is 0 Å². The van der Waals surface area contributed by atoms with Gasteiger partial charge in [-0.05, 0) is 54.2 Å². The minimum atomic E-state index is -0.460. The molecule has 170 valence electrons. The normalized spacial score (nSPS) is 24.0. The Balaban J connectivity index is 1.34. The SMILES string of the molecule is Cc1cc(C)c(NC(=O)CN2C(=O)[C@@H]3C4c5ccccc5C(c5ccccc54)[C@@H]3C2=O)c(C)c1. The van der Waals surface area contributed by atoms with Crippen LogP contribution in [0.2, 0.25) is 0 Å². The van der Waals surface area contributed by atoms with Crippen LogP contribution in [0.25, 0.3) is 0 Å². The molecule has 5 nitrogen and oxygen atoms in total. The third-order valence-electron chi connectivity index (χ3n) is 7.78. The van der Waals surface area contributed by atoms with Crippen LogP contribution in [-0.4, -0.2) is 29.2 Å². The molecular weight excluding hydrogens is 424 g/mol. The van der Waals surface area contributed by atoms with E-state index in [4.69, 9.17) is 0 Å². The second-order valence-electron chi connectivity index (χ2n) is 9.85. The van der Waals surface area contributed by atoms with Gasteiger partial charge in [0.2, 0.25) is 17.7 Å². The summed E-state index contributed by atoms with van der Waals surface area (Å²) < 4.78 is 0. The number of hydrogen-bond acceptors (Lipinski definition) is 3. The molecule has 3 aromatic rings. The van der Waals surface area contributed by atoms with Crippen molar-refractivity contribution in [2.75, 3.05) is 11.9 Å². The van der Waals surface area contributed by atoms with Gasteiger partial charge in [-0.25, -0.2) is 0 Å². The predicted octanol–water partition coefficient (Wildman–Crippen LogP) is 4.44. The Kier molecular flexibility index (Phi) is 4.53. The Labute approximate surface area is 198 Å². The van der Waals surface area contributed by atoms with Crippen molar-refractivity contribution < 1.29 is 14.4 Å². The quantitative estimate of drug-likeness (QED) is 0.600. The Morgan fingerprint density at radius 2 is 1.18 bits per heavy atom. The van der Waals surface area contributed by atoms with Gasteiger partial charge >= 0.3 is 0 Å². The molecule has 0 unspecified atom stereocenters. The fraction of sp³-hybridized carbons (Fsp3) is 0.276. The summed E-state index contributed by atoms with van der Waals surface area (Å²) in [5, 5.41) is 2.94. The highest BCUT2D eigenvalue weighted by Gasteiger charge is 2.61. The number of nitrogens with one attached hydrogen (secondary N) is 1. The van der Waals surface area contributed by atoms with Gasteiger partial charge < -0.3 is 5.32 Å². The highest BCUT2D eigenvalue weighted by atomic mass is 16.2. The molecule has 3 aromatic carbocycles. The Bertz CT molecular complexity index is 1250. The van der Waals surface area contributed by atoms with Gasteiger partial charge in [-0.1, -0.05) is 66.2 Å². The molecular formula is C29H26N2O3. The maximum absolute atomic E-state index is 13.7. The van der Waals surface area contributed by atoms with E-state index in [1.165, 1.54) is 4.90 Å². The van der Waals surface area contributed by atoms with Crippen LogP contribution in [0, 0.1) is 32.6 Å². The topological polar surface area (TPSA) is 66.5 Å². The number of aryl methyl sites for hydroxylation is 3. The summed E-state index contributed by atoms with van der Waals surface area (Å²) in [5.41, 5.74) is 8.31. The molecule has 0 radical (unpaired) electrons. The maximum atomic E-state index is 13.7. The van der Waals surface area contributed by atoms with Crippen molar-refractivity contribution >= 4 is 23.4 Å². The zero-order valence-corrected chi connectivity index (χ0v) is 19.5. The van der Waals surface area contributed by atoms with Gasteiger partial charge in [0.1, 0.15) is 6.54 Å². The number of rotatable bonds is 3. The zero-order valence-electron chi connectivity index (χ0n) is 19.5. The lowest BCUT2D eigenvalue weighted by molar-refractivity contribution is -0.142. The van der Waals surface area contributed by atoms with Crippen LogP contribution in [0.5, 0.6) is 0 Å². The number of likely N-dealkylation sites (tertiary alicyclic amines) is 1. The molecule has 0 aromatic heterocycles. The molecule has 2 atom stereocenters. The summed E-state index contributed by atoms with van der Waals surface area (Å²) in [6.45, 7) is 5.65. The van der Waals surface area contributed by atoms with Gasteiger partial charge in [0.25, 0.3) is 0 Å². The summed E-state index contributed by atoms with van der Waals surface area (Å²) in [7, 11) is 0. The number of imide groups is 1. The van der Waals surface area contributed by atoms with Crippen molar-refractivity contribution in [2.45, 2.75) is 32.6 Å². The van der Waals surface area contributed by atoms with Crippen molar-refractivity contribution in [1.82, 2.24) is 4.90 Å². The summed E-state index contributed by atoms with van der Waals surface area (Å²) in [4.78, 5) is 41.5. The summed E-state index contributed by atoms with van der Waals surface area (Å²) in [6, 6.07) is 20.3. The number of benzene rings is 3. The lowest BCUT2D eigenvalue weighted by atomic mass is 9.55. The van der Waals surface area contributed by atoms with Crippen LogP contribution in [0.1, 0.15) is 50.8 Å². The smallest absolute Gasteiger partial charge is 0.244 e. The fourth-order valence-electron chi connectivity index (χ4n) is 6.59. The van der Waals surface area contributed by atoms with Gasteiger partial charge in [0.05, 0.1) is 11.8 Å². The predicted molar refractivity (Wildman–Crippen MR) is 130 cm³/mol. The lowest BCUT2D eigenvalue weighted by Gasteiger charge is -2.45. The highest BCUT2D eigenvalue weighted by Crippen LogP contribution is 2.60. The third-order valence-corrected chi connectivity index (χ3v) is 7.78. The van der Waals surface area contributed by atoms with E-state index in [0.717, 1.165) is 44.6 Å². The summed E-state index contributed by atoms with van der Waals surface area (Å²) in [6.07, 6.45) is 0. The molecule has 1 N–H and O–H groups in total. The van der Waals surface area contributed by atoms with Crippen molar-refractivity contribution in [2.24, 2.45) is 11.8 Å². The van der Waals surface area contributed by atoms with Crippen molar-refractivity contribution in [3.63, 3.8) is 0 Å². The lowest BCUT2D eigenvalue weighted by Crippen LogP contribution is -2.41. The highest BCUT2D eigenvalue weighted by molar-refractivity contribution is 6.10. The van der Waals surface area contributed by atoms with Crippen LogP contribution in [0.15, 0.2) is 60.7 Å². The van der Waals surface area contributed by atoms with Crippen molar-refractivity contribution in [3.8, 4) is 0 Å². The standard InChI is InChI=1S/C29H26N2O3/c1-15-12-16(2)27(17(3)13-15)30-22(32)14-31-28(33)25-23-18-8-4-5-9-19(18)24(26(25)29(31)34)21-11-7-6-10-20(21)23/h4-13,23-26H,14H2,1-3H3,(H,30,32)/t23?,24?,25-,26+.